The van der Waals surface area contributed by atoms with Gasteiger partial charge in [0.2, 0.25) is 5.89 Å². The van der Waals surface area contributed by atoms with Crippen molar-refractivity contribution in [1.29, 1.82) is 0 Å². The van der Waals surface area contributed by atoms with Crippen LogP contribution in [0.2, 0.25) is 0 Å². The summed E-state index contributed by atoms with van der Waals surface area (Å²) in [4.78, 5) is 16.7. The van der Waals surface area contributed by atoms with Crippen molar-refractivity contribution in [1.82, 2.24) is 20.6 Å². The summed E-state index contributed by atoms with van der Waals surface area (Å²) in [6.07, 6.45) is 3.01. The third-order valence-electron chi connectivity index (χ3n) is 3.94. The highest BCUT2D eigenvalue weighted by atomic mass is 16.5. The van der Waals surface area contributed by atoms with Gasteiger partial charge in [-0.15, -0.1) is 0 Å². The van der Waals surface area contributed by atoms with Crippen molar-refractivity contribution in [3.05, 3.63) is 24.0 Å². The first-order valence-electron chi connectivity index (χ1n) is 8.02. The van der Waals surface area contributed by atoms with E-state index in [4.69, 9.17) is 13.8 Å². The van der Waals surface area contributed by atoms with Crippen molar-refractivity contribution in [2.45, 2.75) is 38.6 Å². The van der Waals surface area contributed by atoms with E-state index < -0.39 is 6.03 Å². The molecule has 130 valence electrons. The largest absolute Gasteiger partial charge is 0.381 e. The highest BCUT2D eigenvalue weighted by molar-refractivity contribution is 5.88. The zero-order valence-corrected chi connectivity index (χ0v) is 13.7. The Morgan fingerprint density at radius 2 is 2.08 bits per heavy atom. The van der Waals surface area contributed by atoms with Gasteiger partial charge in [0.25, 0.3) is 0 Å². The molecule has 9 nitrogen and oxygen atoms in total. The number of nitrogens with one attached hydrogen (secondary N) is 2. The molecule has 3 rings (SSSR count). The Bertz CT molecular complexity index is 649. The first-order chi connectivity index (χ1) is 11.6. The number of hydrogen-bond acceptors (Lipinski definition) is 7. The van der Waals surface area contributed by atoms with E-state index in [9.17, 15) is 4.79 Å². The minimum Gasteiger partial charge on any atom is -0.381 e. The molecule has 0 aliphatic carbocycles. The molecule has 1 fully saturated rings. The Morgan fingerprint density at radius 1 is 1.29 bits per heavy atom. The van der Waals surface area contributed by atoms with Crippen LogP contribution in [0.15, 0.2) is 21.4 Å². The van der Waals surface area contributed by atoms with Crippen LogP contribution >= 0.6 is 0 Å². The van der Waals surface area contributed by atoms with E-state index in [2.05, 4.69) is 25.9 Å². The van der Waals surface area contributed by atoms with Crippen LogP contribution in [-0.4, -0.2) is 34.5 Å². The van der Waals surface area contributed by atoms with Crippen LogP contribution in [0.5, 0.6) is 0 Å². The van der Waals surface area contributed by atoms with Gasteiger partial charge in [-0.25, -0.2) is 4.79 Å². The molecule has 0 radical (unpaired) electrons. The fraction of sp³-hybridized carbons (Fsp3) is 0.600. The summed E-state index contributed by atoms with van der Waals surface area (Å²) in [5.74, 6) is 1.71. The SMILES string of the molecule is CC(C)c1noc([C@@H](NC(=O)Nc2ccon2)C2CCOCC2)n1. The normalized spacial score (nSPS) is 17.0. The van der Waals surface area contributed by atoms with Crippen molar-refractivity contribution in [3.8, 4) is 0 Å². The number of hydrogen-bond donors (Lipinski definition) is 2. The summed E-state index contributed by atoms with van der Waals surface area (Å²) in [5, 5.41) is 13.2. The molecule has 1 atom stereocenters. The number of urea groups is 1. The molecule has 0 unspecified atom stereocenters. The van der Waals surface area contributed by atoms with Crippen LogP contribution in [0.4, 0.5) is 10.6 Å². The summed E-state index contributed by atoms with van der Waals surface area (Å²) >= 11 is 0. The van der Waals surface area contributed by atoms with Crippen LogP contribution in [0, 0.1) is 5.92 Å². The molecular formula is C15H21N5O4. The molecule has 2 amide bonds. The van der Waals surface area contributed by atoms with E-state index in [1.54, 1.807) is 6.07 Å². The number of carbonyl (C=O) groups is 1. The second-order valence-corrected chi connectivity index (χ2v) is 6.06. The second kappa shape index (κ2) is 7.43. The lowest BCUT2D eigenvalue weighted by molar-refractivity contribution is 0.0506. The van der Waals surface area contributed by atoms with Crippen molar-refractivity contribution in [2.75, 3.05) is 18.5 Å². The Hall–Kier alpha value is -2.42. The van der Waals surface area contributed by atoms with E-state index in [1.807, 2.05) is 13.8 Å². The first kappa shape index (κ1) is 16.4. The predicted octanol–water partition coefficient (Wildman–Crippen LogP) is 2.47. The number of nitrogens with zero attached hydrogens (tertiary/aromatic N) is 3. The van der Waals surface area contributed by atoms with Crippen molar-refractivity contribution >= 4 is 11.8 Å². The zero-order chi connectivity index (χ0) is 16.9. The maximum atomic E-state index is 12.3. The molecule has 0 bridgehead atoms. The topological polar surface area (TPSA) is 115 Å². The molecule has 1 aliphatic rings. The smallest absolute Gasteiger partial charge is 0.321 e. The van der Waals surface area contributed by atoms with Gasteiger partial charge in [0.15, 0.2) is 11.6 Å². The molecule has 2 N–H and O–H groups in total. The van der Waals surface area contributed by atoms with Crippen LogP contribution in [0.25, 0.3) is 0 Å². The second-order valence-electron chi connectivity index (χ2n) is 6.06. The summed E-state index contributed by atoms with van der Waals surface area (Å²) in [6.45, 7) is 5.28. The predicted molar refractivity (Wildman–Crippen MR) is 83.3 cm³/mol. The quantitative estimate of drug-likeness (QED) is 0.862. The fourth-order valence-corrected chi connectivity index (χ4v) is 2.61. The van der Waals surface area contributed by atoms with Crippen LogP contribution in [0.3, 0.4) is 0 Å². The summed E-state index contributed by atoms with van der Waals surface area (Å²) < 4.78 is 15.5. The van der Waals surface area contributed by atoms with Crippen LogP contribution in [0.1, 0.15) is 50.4 Å². The average Bonchev–Trinajstić information content (AvgIpc) is 3.25. The van der Waals surface area contributed by atoms with Crippen molar-refractivity contribution in [3.63, 3.8) is 0 Å². The van der Waals surface area contributed by atoms with E-state index in [1.165, 1.54) is 6.26 Å². The van der Waals surface area contributed by atoms with Gasteiger partial charge < -0.3 is 19.1 Å². The van der Waals surface area contributed by atoms with Gasteiger partial charge in [-0.1, -0.05) is 24.2 Å². The lowest BCUT2D eigenvalue weighted by atomic mass is 9.91. The molecular weight excluding hydrogens is 314 g/mol. The van der Waals surface area contributed by atoms with Gasteiger partial charge in [0, 0.05) is 25.2 Å². The maximum absolute atomic E-state index is 12.3. The minimum absolute atomic E-state index is 0.154. The average molecular weight is 335 g/mol. The van der Waals surface area contributed by atoms with Crippen LogP contribution < -0.4 is 10.6 Å². The summed E-state index contributed by atoms with van der Waals surface area (Å²) in [7, 11) is 0. The van der Waals surface area contributed by atoms with Crippen molar-refractivity contribution in [2.24, 2.45) is 5.92 Å². The Labute approximate surface area is 139 Å². The Morgan fingerprint density at radius 3 is 2.71 bits per heavy atom. The number of rotatable bonds is 5. The number of aromatic nitrogens is 3. The molecule has 24 heavy (non-hydrogen) atoms. The Balaban J connectivity index is 1.74. The highest BCUT2D eigenvalue weighted by Crippen LogP contribution is 2.30. The third-order valence-corrected chi connectivity index (χ3v) is 3.94. The molecule has 3 heterocycles. The fourth-order valence-electron chi connectivity index (χ4n) is 2.61. The molecule has 2 aromatic rings. The molecule has 0 aromatic carbocycles. The first-order valence-corrected chi connectivity index (χ1v) is 8.02. The van der Waals surface area contributed by atoms with E-state index in [0.29, 0.717) is 30.7 Å². The van der Waals surface area contributed by atoms with Crippen LogP contribution in [-0.2, 0) is 4.74 Å². The Kier molecular flexibility index (Phi) is 5.09. The van der Waals surface area contributed by atoms with E-state index in [-0.39, 0.29) is 17.9 Å². The number of anilines is 1. The number of carbonyl (C=O) groups excluding carboxylic acids is 1. The molecule has 0 saturated carbocycles. The third kappa shape index (κ3) is 3.91. The van der Waals surface area contributed by atoms with Gasteiger partial charge in [0.1, 0.15) is 12.3 Å². The van der Waals surface area contributed by atoms with Gasteiger partial charge in [-0.2, -0.15) is 4.98 Å². The van der Waals surface area contributed by atoms with Gasteiger partial charge in [-0.3, -0.25) is 5.32 Å². The lowest BCUT2D eigenvalue weighted by Crippen LogP contribution is -2.38. The molecule has 2 aromatic heterocycles. The monoisotopic (exact) mass is 335 g/mol. The highest BCUT2D eigenvalue weighted by Gasteiger charge is 2.31. The minimum atomic E-state index is -0.398. The van der Waals surface area contributed by atoms with E-state index in [0.717, 1.165) is 12.8 Å². The maximum Gasteiger partial charge on any atom is 0.321 e. The lowest BCUT2D eigenvalue weighted by Gasteiger charge is -2.28. The molecule has 9 heteroatoms. The van der Waals surface area contributed by atoms with Gasteiger partial charge in [0.05, 0.1) is 0 Å². The van der Waals surface area contributed by atoms with Gasteiger partial charge in [-0.05, 0) is 18.8 Å². The van der Waals surface area contributed by atoms with Crippen molar-refractivity contribution < 1.29 is 18.6 Å². The molecule has 1 aliphatic heterocycles. The molecule has 0 spiro atoms. The zero-order valence-electron chi connectivity index (χ0n) is 13.7. The summed E-state index contributed by atoms with van der Waals surface area (Å²) in [5.41, 5.74) is 0. The standard InChI is InChI=1S/C15H21N5O4/c1-9(2)13-18-14(24-20-13)12(10-3-6-22-7-4-10)17-15(21)16-11-5-8-23-19-11/h5,8-10,12H,3-4,6-7H2,1-2H3,(H2,16,17,19,21)/t12-/m0/s1. The van der Waals surface area contributed by atoms with E-state index >= 15 is 0 Å². The molecule has 1 saturated heterocycles. The van der Waals surface area contributed by atoms with Gasteiger partial charge >= 0.3 is 6.03 Å². The number of ether oxygens (including phenoxy) is 1. The number of amides is 2. The summed E-state index contributed by atoms with van der Waals surface area (Å²) in [6, 6.07) is 0.789.